The highest BCUT2D eigenvalue weighted by atomic mass is 16.5. The Balaban J connectivity index is 2.41. The van der Waals surface area contributed by atoms with E-state index in [-0.39, 0.29) is 23.4 Å². The van der Waals surface area contributed by atoms with Gasteiger partial charge in [-0.1, -0.05) is 18.2 Å². The van der Waals surface area contributed by atoms with Gasteiger partial charge in [0.25, 0.3) is 0 Å². The smallest absolute Gasteiger partial charge is 0.220 e. The van der Waals surface area contributed by atoms with Crippen LogP contribution < -0.4 is 5.43 Å². The third-order valence-corrected chi connectivity index (χ3v) is 2.72. The molecule has 3 heteroatoms. The third-order valence-electron chi connectivity index (χ3n) is 2.72. The van der Waals surface area contributed by atoms with E-state index in [1.54, 1.807) is 18.2 Å². The number of hydrogen-bond donors (Lipinski definition) is 1. The zero-order valence-electron chi connectivity index (χ0n) is 8.64. The van der Waals surface area contributed by atoms with Gasteiger partial charge in [0.15, 0.2) is 5.75 Å². The van der Waals surface area contributed by atoms with E-state index in [0.717, 1.165) is 12.8 Å². The molecule has 2 atom stereocenters. The van der Waals surface area contributed by atoms with Gasteiger partial charge in [-0.2, -0.15) is 0 Å². The molecule has 0 aromatic heterocycles. The normalized spacial score (nSPS) is 25.4. The summed E-state index contributed by atoms with van der Waals surface area (Å²) in [6.45, 7) is 2.00. The molecule has 1 aliphatic heterocycles. The monoisotopic (exact) mass is 206 g/mol. The Morgan fingerprint density at radius 1 is 1.33 bits per heavy atom. The molecule has 0 radical (unpaired) electrons. The van der Waals surface area contributed by atoms with Crippen LogP contribution in [0.25, 0.3) is 0 Å². The van der Waals surface area contributed by atoms with Crippen LogP contribution in [0, 0.1) is 0 Å². The lowest BCUT2D eigenvalue weighted by Crippen LogP contribution is -2.04. The largest absolute Gasteiger partial charge is 0.504 e. The first-order chi connectivity index (χ1) is 7.18. The lowest BCUT2D eigenvalue weighted by molar-refractivity contribution is 0.0542. The summed E-state index contributed by atoms with van der Waals surface area (Å²) >= 11 is 0. The zero-order chi connectivity index (χ0) is 10.8. The maximum Gasteiger partial charge on any atom is 0.220 e. The molecule has 1 heterocycles. The SMILES string of the molecule is CC1CCC(c2ccccc(=O)c2O)O1. The maximum absolute atomic E-state index is 11.4. The minimum absolute atomic E-state index is 0.139. The predicted molar refractivity (Wildman–Crippen MR) is 56.9 cm³/mol. The minimum atomic E-state index is -0.349. The Kier molecular flexibility index (Phi) is 2.73. The van der Waals surface area contributed by atoms with E-state index in [1.807, 2.05) is 6.92 Å². The molecule has 1 aliphatic rings. The van der Waals surface area contributed by atoms with Crippen molar-refractivity contribution in [1.29, 1.82) is 0 Å². The minimum Gasteiger partial charge on any atom is -0.504 e. The van der Waals surface area contributed by atoms with Gasteiger partial charge in [-0.05, 0) is 25.8 Å². The van der Waals surface area contributed by atoms with Crippen molar-refractivity contribution < 1.29 is 9.84 Å². The standard InChI is InChI=1S/C12H14O3/c1-8-6-7-11(15-8)9-4-2-3-5-10(13)12(9)14/h2-5,8,11H,6-7H2,1H3,(H,13,14). The number of ether oxygens (including phenoxy) is 1. The van der Waals surface area contributed by atoms with Gasteiger partial charge < -0.3 is 9.84 Å². The van der Waals surface area contributed by atoms with Crippen LogP contribution in [0.15, 0.2) is 29.1 Å². The lowest BCUT2D eigenvalue weighted by Gasteiger charge is -2.10. The van der Waals surface area contributed by atoms with Crippen molar-refractivity contribution >= 4 is 0 Å². The summed E-state index contributed by atoms with van der Waals surface area (Å²) in [6, 6.07) is 6.49. The molecule has 3 nitrogen and oxygen atoms in total. The topological polar surface area (TPSA) is 46.5 Å². The summed E-state index contributed by atoms with van der Waals surface area (Å²) in [6.07, 6.45) is 1.89. The van der Waals surface area contributed by atoms with Crippen LogP contribution in [-0.2, 0) is 4.74 Å². The van der Waals surface area contributed by atoms with Crippen LogP contribution in [0.4, 0.5) is 0 Å². The van der Waals surface area contributed by atoms with Crippen molar-refractivity contribution in [3.8, 4) is 5.75 Å². The lowest BCUT2D eigenvalue weighted by atomic mass is 10.1. The quantitative estimate of drug-likeness (QED) is 0.764. The fourth-order valence-electron chi connectivity index (χ4n) is 1.89. The molecule has 2 rings (SSSR count). The molecule has 0 spiro atoms. The van der Waals surface area contributed by atoms with Crippen LogP contribution in [0.2, 0.25) is 0 Å². The predicted octanol–water partition coefficient (Wildman–Crippen LogP) is 1.99. The third kappa shape index (κ3) is 2.02. The first-order valence-electron chi connectivity index (χ1n) is 5.16. The second-order valence-corrected chi connectivity index (χ2v) is 3.90. The van der Waals surface area contributed by atoms with E-state index in [9.17, 15) is 9.90 Å². The second kappa shape index (κ2) is 4.03. The molecule has 0 amide bonds. The first-order valence-corrected chi connectivity index (χ1v) is 5.16. The molecule has 15 heavy (non-hydrogen) atoms. The van der Waals surface area contributed by atoms with Gasteiger partial charge in [-0.25, -0.2) is 0 Å². The Morgan fingerprint density at radius 2 is 2.07 bits per heavy atom. The number of aromatic hydroxyl groups is 1. The molecule has 1 aromatic rings. The van der Waals surface area contributed by atoms with E-state index in [0.29, 0.717) is 5.56 Å². The summed E-state index contributed by atoms with van der Waals surface area (Å²) in [5, 5.41) is 9.71. The second-order valence-electron chi connectivity index (χ2n) is 3.90. The van der Waals surface area contributed by atoms with Crippen LogP contribution in [0.1, 0.15) is 31.4 Å². The molecule has 1 aromatic carbocycles. The number of hydrogen-bond acceptors (Lipinski definition) is 3. The molecule has 80 valence electrons. The summed E-state index contributed by atoms with van der Waals surface area (Å²) in [4.78, 5) is 11.4. The van der Waals surface area contributed by atoms with E-state index in [4.69, 9.17) is 4.74 Å². The Hall–Kier alpha value is -1.35. The van der Waals surface area contributed by atoms with Crippen molar-refractivity contribution in [3.05, 3.63) is 40.1 Å². The van der Waals surface area contributed by atoms with Crippen molar-refractivity contribution in [3.63, 3.8) is 0 Å². The van der Waals surface area contributed by atoms with Crippen LogP contribution >= 0.6 is 0 Å². The van der Waals surface area contributed by atoms with Crippen molar-refractivity contribution in [2.75, 3.05) is 0 Å². The van der Waals surface area contributed by atoms with Gasteiger partial charge in [0.05, 0.1) is 12.2 Å². The fourth-order valence-corrected chi connectivity index (χ4v) is 1.89. The summed E-state index contributed by atoms with van der Waals surface area (Å²) < 4.78 is 5.63. The Labute approximate surface area is 88.3 Å². The molecule has 0 saturated carbocycles. The van der Waals surface area contributed by atoms with Crippen molar-refractivity contribution in [2.45, 2.75) is 32.0 Å². The summed E-state index contributed by atoms with van der Waals surface area (Å²) in [5.41, 5.74) is 0.257. The average Bonchev–Trinajstić information content (AvgIpc) is 2.56. The highest BCUT2D eigenvalue weighted by molar-refractivity contribution is 5.33. The Morgan fingerprint density at radius 3 is 2.73 bits per heavy atom. The fraction of sp³-hybridized carbons (Fsp3) is 0.417. The molecule has 2 unspecified atom stereocenters. The maximum atomic E-state index is 11.4. The van der Waals surface area contributed by atoms with Crippen LogP contribution in [0.3, 0.4) is 0 Å². The van der Waals surface area contributed by atoms with Gasteiger partial charge in [0, 0.05) is 5.56 Å². The van der Waals surface area contributed by atoms with Gasteiger partial charge in [0.1, 0.15) is 0 Å². The van der Waals surface area contributed by atoms with E-state index >= 15 is 0 Å². The highest BCUT2D eigenvalue weighted by Crippen LogP contribution is 2.34. The van der Waals surface area contributed by atoms with Crippen molar-refractivity contribution in [2.24, 2.45) is 0 Å². The molecule has 1 saturated heterocycles. The summed E-state index contributed by atoms with van der Waals surface area (Å²) in [7, 11) is 0. The van der Waals surface area contributed by atoms with E-state index in [2.05, 4.69) is 0 Å². The van der Waals surface area contributed by atoms with Gasteiger partial charge in [-0.15, -0.1) is 0 Å². The van der Waals surface area contributed by atoms with E-state index in [1.165, 1.54) is 6.07 Å². The Bertz CT molecular complexity index is 414. The molecule has 1 N–H and O–H groups in total. The number of rotatable bonds is 1. The molecule has 0 bridgehead atoms. The van der Waals surface area contributed by atoms with Crippen molar-refractivity contribution in [1.82, 2.24) is 0 Å². The summed E-state index contributed by atoms with van der Waals surface area (Å²) in [5.74, 6) is -0.181. The van der Waals surface area contributed by atoms with Gasteiger partial charge >= 0.3 is 0 Å². The molecular weight excluding hydrogens is 192 g/mol. The average molecular weight is 206 g/mol. The zero-order valence-corrected chi connectivity index (χ0v) is 8.64. The van der Waals surface area contributed by atoms with E-state index < -0.39 is 0 Å². The molecular formula is C12H14O3. The molecule has 1 fully saturated rings. The van der Waals surface area contributed by atoms with Gasteiger partial charge in [-0.3, -0.25) is 4.79 Å². The molecule has 0 aliphatic carbocycles. The highest BCUT2D eigenvalue weighted by Gasteiger charge is 2.25. The van der Waals surface area contributed by atoms with Crippen LogP contribution in [0.5, 0.6) is 5.75 Å². The van der Waals surface area contributed by atoms with Gasteiger partial charge in [0.2, 0.25) is 5.43 Å². The first kappa shape index (κ1) is 10.2. The van der Waals surface area contributed by atoms with Crippen LogP contribution in [-0.4, -0.2) is 11.2 Å².